The predicted octanol–water partition coefficient (Wildman–Crippen LogP) is 2.76. The summed E-state index contributed by atoms with van der Waals surface area (Å²) < 4.78 is 0. The average Bonchev–Trinajstić information content (AvgIpc) is 2.84. The van der Waals surface area contributed by atoms with Crippen molar-refractivity contribution in [1.82, 2.24) is 15.6 Å². The summed E-state index contributed by atoms with van der Waals surface area (Å²) in [4.78, 5) is 10.4. The standard InChI is InChI=1S/C17H30N4OS/c1-5-18-16(19-10-15-21-12(2)13(3)23-15)20-11-17(4)9-7-6-8-14(17)22/h14,22H,5-11H2,1-4H3,(H2,18,19,20). The smallest absolute Gasteiger partial charge is 0.191 e. The van der Waals surface area contributed by atoms with Gasteiger partial charge in [0.2, 0.25) is 0 Å². The number of hydrogen-bond donors (Lipinski definition) is 3. The summed E-state index contributed by atoms with van der Waals surface area (Å²) in [6.07, 6.45) is 4.07. The van der Waals surface area contributed by atoms with Gasteiger partial charge in [-0.1, -0.05) is 19.8 Å². The van der Waals surface area contributed by atoms with Crippen molar-refractivity contribution in [2.24, 2.45) is 10.4 Å². The predicted molar refractivity (Wildman–Crippen MR) is 97.0 cm³/mol. The lowest BCUT2D eigenvalue weighted by Crippen LogP contribution is -2.48. The van der Waals surface area contributed by atoms with Crippen LogP contribution in [0.2, 0.25) is 0 Å². The van der Waals surface area contributed by atoms with Crippen molar-refractivity contribution in [1.29, 1.82) is 0 Å². The Hall–Kier alpha value is -1.14. The quantitative estimate of drug-likeness (QED) is 0.570. The van der Waals surface area contributed by atoms with E-state index >= 15 is 0 Å². The van der Waals surface area contributed by atoms with Crippen LogP contribution >= 0.6 is 11.3 Å². The molecule has 1 heterocycles. The van der Waals surface area contributed by atoms with Crippen molar-refractivity contribution < 1.29 is 5.11 Å². The largest absolute Gasteiger partial charge is 0.392 e. The van der Waals surface area contributed by atoms with Crippen LogP contribution in [0, 0.1) is 19.3 Å². The van der Waals surface area contributed by atoms with Crippen molar-refractivity contribution in [3.8, 4) is 0 Å². The van der Waals surface area contributed by atoms with E-state index in [9.17, 15) is 5.11 Å². The fourth-order valence-corrected chi connectivity index (χ4v) is 3.83. The molecule has 0 aromatic carbocycles. The van der Waals surface area contributed by atoms with Gasteiger partial charge in [0.1, 0.15) is 5.01 Å². The molecule has 1 aliphatic carbocycles. The molecule has 2 unspecified atom stereocenters. The molecule has 5 nitrogen and oxygen atoms in total. The maximum Gasteiger partial charge on any atom is 0.191 e. The number of aryl methyl sites for hydroxylation is 2. The van der Waals surface area contributed by atoms with E-state index in [1.807, 2.05) is 6.92 Å². The molecule has 0 amide bonds. The van der Waals surface area contributed by atoms with Crippen LogP contribution in [0.4, 0.5) is 0 Å². The van der Waals surface area contributed by atoms with Crippen LogP contribution in [0.15, 0.2) is 4.99 Å². The Morgan fingerprint density at radius 1 is 1.39 bits per heavy atom. The van der Waals surface area contributed by atoms with Crippen molar-refractivity contribution in [3.63, 3.8) is 0 Å². The minimum Gasteiger partial charge on any atom is -0.392 e. The van der Waals surface area contributed by atoms with E-state index in [0.717, 1.165) is 49.0 Å². The van der Waals surface area contributed by atoms with Crippen LogP contribution in [0.25, 0.3) is 0 Å². The molecule has 0 spiro atoms. The van der Waals surface area contributed by atoms with Gasteiger partial charge in [0.25, 0.3) is 0 Å². The van der Waals surface area contributed by atoms with Crippen LogP contribution in [0.3, 0.4) is 0 Å². The number of nitrogens with zero attached hydrogens (tertiary/aromatic N) is 2. The number of thiazole rings is 1. The number of aliphatic imine (C=N–C) groups is 1. The lowest BCUT2D eigenvalue weighted by atomic mass is 9.73. The van der Waals surface area contributed by atoms with Crippen molar-refractivity contribution in [3.05, 3.63) is 15.6 Å². The summed E-state index contributed by atoms with van der Waals surface area (Å²) >= 11 is 1.71. The van der Waals surface area contributed by atoms with E-state index in [1.165, 1.54) is 11.3 Å². The van der Waals surface area contributed by atoms with Gasteiger partial charge in [-0.3, -0.25) is 0 Å². The Balaban J connectivity index is 1.96. The number of aromatic nitrogens is 1. The van der Waals surface area contributed by atoms with Gasteiger partial charge < -0.3 is 15.7 Å². The zero-order valence-corrected chi connectivity index (χ0v) is 15.6. The highest BCUT2D eigenvalue weighted by Crippen LogP contribution is 2.35. The Labute approximate surface area is 143 Å². The molecule has 6 heteroatoms. The maximum atomic E-state index is 10.3. The topological polar surface area (TPSA) is 69.5 Å². The first-order chi connectivity index (χ1) is 10.9. The van der Waals surface area contributed by atoms with E-state index in [2.05, 4.69) is 41.4 Å². The fraction of sp³-hybridized carbons (Fsp3) is 0.765. The van der Waals surface area contributed by atoms with E-state index in [4.69, 9.17) is 0 Å². The third-order valence-corrected chi connectivity index (χ3v) is 5.79. The molecular weight excluding hydrogens is 308 g/mol. The van der Waals surface area contributed by atoms with Gasteiger partial charge in [-0.25, -0.2) is 9.98 Å². The maximum absolute atomic E-state index is 10.3. The minimum absolute atomic E-state index is 0.0667. The Morgan fingerprint density at radius 2 is 2.17 bits per heavy atom. The van der Waals surface area contributed by atoms with Gasteiger partial charge in [-0.15, -0.1) is 11.3 Å². The van der Waals surface area contributed by atoms with E-state index in [0.29, 0.717) is 6.54 Å². The highest BCUT2D eigenvalue weighted by Gasteiger charge is 2.35. The zero-order chi connectivity index (χ0) is 16.9. The van der Waals surface area contributed by atoms with Gasteiger partial charge in [0.05, 0.1) is 18.3 Å². The summed E-state index contributed by atoms with van der Waals surface area (Å²) in [5.74, 6) is 0.803. The SMILES string of the molecule is CCNC(=NCc1nc(C)c(C)s1)NCC1(C)CCCCC1O. The van der Waals surface area contributed by atoms with Gasteiger partial charge in [0.15, 0.2) is 5.96 Å². The molecule has 1 fully saturated rings. The molecule has 0 aliphatic heterocycles. The highest BCUT2D eigenvalue weighted by atomic mass is 32.1. The Morgan fingerprint density at radius 3 is 2.78 bits per heavy atom. The average molecular weight is 339 g/mol. The molecule has 2 rings (SSSR count). The molecule has 0 bridgehead atoms. The molecule has 0 radical (unpaired) electrons. The van der Waals surface area contributed by atoms with E-state index in [1.54, 1.807) is 11.3 Å². The summed E-state index contributed by atoms with van der Waals surface area (Å²) in [7, 11) is 0. The number of aliphatic hydroxyl groups is 1. The highest BCUT2D eigenvalue weighted by molar-refractivity contribution is 7.11. The van der Waals surface area contributed by atoms with E-state index in [-0.39, 0.29) is 11.5 Å². The first-order valence-electron chi connectivity index (χ1n) is 8.58. The van der Waals surface area contributed by atoms with Crippen LogP contribution in [0.1, 0.15) is 55.1 Å². The molecular formula is C17H30N4OS. The summed E-state index contributed by atoms with van der Waals surface area (Å²) in [5, 5.41) is 18.0. The van der Waals surface area contributed by atoms with Gasteiger partial charge in [-0.2, -0.15) is 0 Å². The second-order valence-corrected chi connectivity index (χ2v) is 8.00. The van der Waals surface area contributed by atoms with Gasteiger partial charge in [0, 0.05) is 23.4 Å². The Bertz CT molecular complexity index is 523. The monoisotopic (exact) mass is 338 g/mol. The lowest BCUT2D eigenvalue weighted by molar-refractivity contribution is 0.00397. The molecule has 0 saturated heterocycles. The number of nitrogens with one attached hydrogen (secondary N) is 2. The van der Waals surface area contributed by atoms with Crippen molar-refractivity contribution >= 4 is 17.3 Å². The van der Waals surface area contributed by atoms with E-state index < -0.39 is 0 Å². The zero-order valence-electron chi connectivity index (χ0n) is 14.8. The molecule has 3 N–H and O–H groups in total. The summed E-state index contributed by atoms with van der Waals surface area (Å²) in [6, 6.07) is 0. The third-order valence-electron chi connectivity index (χ3n) is 4.73. The minimum atomic E-state index is -0.226. The molecule has 2 atom stereocenters. The normalized spacial score (nSPS) is 25.4. The van der Waals surface area contributed by atoms with Gasteiger partial charge in [-0.05, 0) is 33.6 Å². The number of rotatable bonds is 5. The number of hydrogen-bond acceptors (Lipinski definition) is 4. The summed E-state index contributed by atoms with van der Waals surface area (Å²) in [6.45, 7) is 10.5. The number of guanidine groups is 1. The molecule has 1 saturated carbocycles. The molecule has 1 aromatic heterocycles. The van der Waals surface area contributed by atoms with Crippen molar-refractivity contribution in [2.45, 2.75) is 66.0 Å². The van der Waals surface area contributed by atoms with Gasteiger partial charge >= 0.3 is 0 Å². The molecule has 1 aliphatic rings. The van der Waals surface area contributed by atoms with Crippen LogP contribution in [0.5, 0.6) is 0 Å². The third kappa shape index (κ3) is 4.91. The van der Waals surface area contributed by atoms with Crippen LogP contribution < -0.4 is 10.6 Å². The lowest BCUT2D eigenvalue weighted by Gasteiger charge is -2.38. The number of aliphatic hydroxyl groups excluding tert-OH is 1. The second-order valence-electron chi connectivity index (χ2n) is 6.71. The fourth-order valence-electron chi connectivity index (χ4n) is 2.97. The molecule has 130 valence electrons. The molecule has 23 heavy (non-hydrogen) atoms. The first-order valence-corrected chi connectivity index (χ1v) is 9.39. The van der Waals surface area contributed by atoms with Crippen LogP contribution in [-0.2, 0) is 6.54 Å². The first kappa shape index (κ1) is 18.2. The summed E-state index contributed by atoms with van der Waals surface area (Å²) in [5.41, 5.74) is 1.03. The molecule has 1 aromatic rings. The van der Waals surface area contributed by atoms with Crippen molar-refractivity contribution in [2.75, 3.05) is 13.1 Å². The van der Waals surface area contributed by atoms with Crippen LogP contribution in [-0.4, -0.2) is 35.2 Å². The second kappa shape index (κ2) is 8.11. The Kier molecular flexibility index (Phi) is 6.41.